The van der Waals surface area contributed by atoms with E-state index in [1.54, 1.807) is 0 Å². The number of hydrogen-bond acceptors (Lipinski definition) is 1. The van der Waals surface area contributed by atoms with Gasteiger partial charge in [-0.2, -0.15) is 0 Å². The SMILES string of the molecule is Cc1cc[n+](CCC(=O)N2c3ccccc3CC2C)cc1.[Br-]. The summed E-state index contributed by atoms with van der Waals surface area (Å²) in [6.45, 7) is 4.92. The van der Waals surface area contributed by atoms with Crippen LogP contribution in [0.2, 0.25) is 0 Å². The summed E-state index contributed by atoms with van der Waals surface area (Å²) in [7, 11) is 0. The van der Waals surface area contributed by atoms with Crippen molar-refractivity contribution in [3.8, 4) is 0 Å². The number of aryl methyl sites for hydroxylation is 2. The minimum absolute atomic E-state index is 0. The summed E-state index contributed by atoms with van der Waals surface area (Å²) in [5, 5.41) is 0. The molecule has 0 saturated heterocycles. The summed E-state index contributed by atoms with van der Waals surface area (Å²) < 4.78 is 2.07. The molecular weight excluding hydrogens is 340 g/mol. The van der Waals surface area contributed by atoms with Crippen LogP contribution in [0.15, 0.2) is 48.8 Å². The third-order valence-corrected chi connectivity index (χ3v) is 4.12. The lowest BCUT2D eigenvalue weighted by Gasteiger charge is -2.22. The smallest absolute Gasteiger partial charge is 0.233 e. The fourth-order valence-electron chi connectivity index (χ4n) is 2.97. The molecule has 0 N–H and O–H groups in total. The van der Waals surface area contributed by atoms with Gasteiger partial charge in [0.15, 0.2) is 18.9 Å². The Bertz CT molecular complexity index is 654. The van der Waals surface area contributed by atoms with Gasteiger partial charge in [0.25, 0.3) is 0 Å². The zero-order valence-electron chi connectivity index (χ0n) is 13.0. The lowest BCUT2D eigenvalue weighted by molar-refractivity contribution is -0.695. The number of amides is 1. The Balaban J connectivity index is 0.00000176. The molecule has 116 valence electrons. The standard InChI is InChI=1S/C18H21N2O.BrH/c1-14-7-10-19(11-8-14)12-9-18(21)20-15(2)13-16-5-3-4-6-17(16)20;/h3-8,10-11,15H,9,12-13H2,1-2H3;1H/q+1;/p-1. The zero-order chi connectivity index (χ0) is 14.8. The first-order valence-electron chi connectivity index (χ1n) is 7.51. The van der Waals surface area contributed by atoms with Crippen molar-refractivity contribution in [3.05, 3.63) is 59.9 Å². The van der Waals surface area contributed by atoms with Crippen molar-refractivity contribution in [1.82, 2.24) is 0 Å². The minimum atomic E-state index is 0. The lowest BCUT2D eigenvalue weighted by atomic mass is 10.1. The van der Waals surface area contributed by atoms with Crippen LogP contribution in [0.4, 0.5) is 5.69 Å². The lowest BCUT2D eigenvalue weighted by Crippen LogP contribution is -3.00. The topological polar surface area (TPSA) is 24.2 Å². The second-order valence-electron chi connectivity index (χ2n) is 5.81. The van der Waals surface area contributed by atoms with Crippen LogP contribution in [0, 0.1) is 6.92 Å². The normalized spacial score (nSPS) is 16.1. The molecule has 0 fully saturated rings. The Morgan fingerprint density at radius 1 is 1.23 bits per heavy atom. The van der Waals surface area contributed by atoms with Crippen molar-refractivity contribution in [2.75, 3.05) is 4.90 Å². The zero-order valence-corrected chi connectivity index (χ0v) is 14.6. The molecule has 0 saturated carbocycles. The monoisotopic (exact) mass is 360 g/mol. The van der Waals surface area contributed by atoms with Gasteiger partial charge in [0.1, 0.15) is 0 Å². The van der Waals surface area contributed by atoms with Crippen LogP contribution in [0.25, 0.3) is 0 Å². The molecule has 1 aliphatic rings. The van der Waals surface area contributed by atoms with E-state index in [1.165, 1.54) is 11.1 Å². The van der Waals surface area contributed by atoms with E-state index in [1.807, 2.05) is 29.4 Å². The quantitative estimate of drug-likeness (QED) is 0.687. The molecule has 4 heteroatoms. The van der Waals surface area contributed by atoms with Gasteiger partial charge >= 0.3 is 0 Å². The first-order valence-corrected chi connectivity index (χ1v) is 7.51. The maximum Gasteiger partial charge on any atom is 0.233 e. The van der Waals surface area contributed by atoms with Crippen LogP contribution in [0.1, 0.15) is 24.5 Å². The molecule has 3 nitrogen and oxygen atoms in total. The van der Waals surface area contributed by atoms with E-state index >= 15 is 0 Å². The summed E-state index contributed by atoms with van der Waals surface area (Å²) in [5.74, 6) is 0.209. The number of aromatic nitrogens is 1. The molecule has 1 amide bonds. The number of benzene rings is 1. The summed E-state index contributed by atoms with van der Waals surface area (Å²) in [6.07, 6.45) is 5.56. The second kappa shape index (κ2) is 7.05. The first kappa shape index (κ1) is 16.7. The molecule has 0 aliphatic carbocycles. The predicted octanol–water partition coefficient (Wildman–Crippen LogP) is -0.346. The van der Waals surface area contributed by atoms with Gasteiger partial charge in [-0.25, -0.2) is 4.57 Å². The third-order valence-electron chi connectivity index (χ3n) is 4.12. The number of nitrogens with zero attached hydrogens (tertiary/aromatic N) is 2. The summed E-state index contributed by atoms with van der Waals surface area (Å²) in [6, 6.07) is 12.6. The molecule has 22 heavy (non-hydrogen) atoms. The molecule has 3 rings (SSSR count). The minimum Gasteiger partial charge on any atom is -1.00 e. The summed E-state index contributed by atoms with van der Waals surface area (Å²) in [4.78, 5) is 14.5. The van der Waals surface area contributed by atoms with Crippen LogP contribution >= 0.6 is 0 Å². The number of pyridine rings is 1. The Kier molecular flexibility index (Phi) is 5.35. The van der Waals surface area contributed by atoms with Gasteiger partial charge in [-0.15, -0.1) is 0 Å². The van der Waals surface area contributed by atoms with Crippen molar-refractivity contribution in [2.45, 2.75) is 39.3 Å². The van der Waals surface area contributed by atoms with E-state index < -0.39 is 0 Å². The highest BCUT2D eigenvalue weighted by molar-refractivity contribution is 5.96. The average Bonchev–Trinajstić information content (AvgIpc) is 2.82. The second-order valence-corrected chi connectivity index (χ2v) is 5.81. The van der Waals surface area contributed by atoms with Crippen LogP contribution in [-0.2, 0) is 17.8 Å². The molecule has 2 aromatic rings. The molecular formula is C18H21BrN2O. The highest BCUT2D eigenvalue weighted by Crippen LogP contribution is 2.32. The van der Waals surface area contributed by atoms with Crippen molar-refractivity contribution in [2.24, 2.45) is 0 Å². The molecule has 0 spiro atoms. The number of rotatable bonds is 3. The molecule has 0 radical (unpaired) electrons. The number of fused-ring (bicyclic) bond motifs is 1. The Morgan fingerprint density at radius 2 is 1.91 bits per heavy atom. The van der Waals surface area contributed by atoms with E-state index in [9.17, 15) is 4.79 Å². The van der Waals surface area contributed by atoms with Gasteiger partial charge in [0, 0.05) is 23.9 Å². The van der Waals surface area contributed by atoms with Crippen LogP contribution in [0.3, 0.4) is 0 Å². The van der Waals surface area contributed by atoms with Gasteiger partial charge < -0.3 is 21.9 Å². The van der Waals surface area contributed by atoms with Crippen molar-refractivity contribution in [1.29, 1.82) is 0 Å². The van der Waals surface area contributed by atoms with Crippen molar-refractivity contribution >= 4 is 11.6 Å². The van der Waals surface area contributed by atoms with Crippen molar-refractivity contribution in [3.63, 3.8) is 0 Å². The number of hydrogen-bond donors (Lipinski definition) is 0. The Hall–Kier alpha value is -1.68. The van der Waals surface area contributed by atoms with Gasteiger partial charge in [-0.3, -0.25) is 4.79 Å². The van der Waals surface area contributed by atoms with E-state index in [0.717, 1.165) is 18.7 Å². The molecule has 1 aliphatic heterocycles. The van der Waals surface area contributed by atoms with Crippen LogP contribution in [-0.4, -0.2) is 11.9 Å². The molecule has 2 heterocycles. The van der Waals surface area contributed by atoms with Crippen molar-refractivity contribution < 1.29 is 26.3 Å². The third kappa shape index (κ3) is 3.38. The summed E-state index contributed by atoms with van der Waals surface area (Å²) >= 11 is 0. The van der Waals surface area contributed by atoms with E-state index in [-0.39, 0.29) is 28.9 Å². The Morgan fingerprint density at radius 3 is 2.64 bits per heavy atom. The number of halogens is 1. The molecule has 1 atom stereocenters. The number of carbonyl (C=O) groups excluding carboxylic acids is 1. The average molecular weight is 361 g/mol. The summed E-state index contributed by atoms with van der Waals surface area (Å²) in [5.41, 5.74) is 3.60. The highest BCUT2D eigenvalue weighted by Gasteiger charge is 2.30. The molecule has 1 unspecified atom stereocenters. The number of para-hydroxylation sites is 1. The Labute approximate surface area is 142 Å². The first-order chi connectivity index (χ1) is 10.1. The van der Waals surface area contributed by atoms with Gasteiger partial charge in [-0.1, -0.05) is 18.2 Å². The molecule has 1 aromatic heterocycles. The van der Waals surface area contributed by atoms with Gasteiger partial charge in [0.05, 0.1) is 6.42 Å². The number of anilines is 1. The van der Waals surface area contributed by atoms with E-state index in [2.05, 4.69) is 42.7 Å². The maximum absolute atomic E-state index is 12.6. The highest BCUT2D eigenvalue weighted by atomic mass is 79.9. The fraction of sp³-hybridized carbons (Fsp3) is 0.333. The van der Waals surface area contributed by atoms with Crippen LogP contribution in [0.5, 0.6) is 0 Å². The maximum atomic E-state index is 12.6. The predicted molar refractivity (Wildman–Crippen MR) is 83.1 cm³/mol. The number of carbonyl (C=O) groups is 1. The largest absolute Gasteiger partial charge is 1.00 e. The molecule has 1 aromatic carbocycles. The van der Waals surface area contributed by atoms with Gasteiger partial charge in [0.2, 0.25) is 5.91 Å². The van der Waals surface area contributed by atoms with E-state index in [4.69, 9.17) is 0 Å². The van der Waals surface area contributed by atoms with Crippen LogP contribution < -0.4 is 26.4 Å². The molecule has 0 bridgehead atoms. The van der Waals surface area contributed by atoms with Gasteiger partial charge in [-0.05, 0) is 37.5 Å². The van der Waals surface area contributed by atoms with E-state index in [0.29, 0.717) is 6.42 Å². The fourth-order valence-corrected chi connectivity index (χ4v) is 2.97.